The Kier molecular flexibility index (Phi) is 7.65. The quantitative estimate of drug-likeness (QED) is 0.623. The van der Waals surface area contributed by atoms with Crippen molar-refractivity contribution < 1.29 is 18.8 Å². The fourth-order valence-electron chi connectivity index (χ4n) is 4.66. The van der Waals surface area contributed by atoms with Crippen molar-refractivity contribution in [1.82, 2.24) is 15.1 Å². The van der Waals surface area contributed by atoms with Crippen LogP contribution in [0.3, 0.4) is 0 Å². The van der Waals surface area contributed by atoms with Crippen LogP contribution >= 0.6 is 0 Å². The molecule has 2 aromatic carbocycles. The molecular weight excluding hydrogens is 449 g/mol. The minimum Gasteiger partial charge on any atom is -0.350 e. The van der Waals surface area contributed by atoms with Gasteiger partial charge in [-0.2, -0.15) is 0 Å². The lowest BCUT2D eigenvalue weighted by Crippen LogP contribution is -2.65. The minimum atomic E-state index is -1.10. The predicted molar refractivity (Wildman–Crippen MR) is 131 cm³/mol. The van der Waals surface area contributed by atoms with E-state index in [2.05, 4.69) is 10.6 Å². The lowest BCUT2D eigenvalue weighted by atomic mass is 9.91. The van der Waals surface area contributed by atoms with E-state index in [0.717, 1.165) is 31.2 Å². The molecule has 1 unspecified atom stereocenters. The molecule has 1 saturated heterocycles. The highest BCUT2D eigenvalue weighted by atomic mass is 19.1. The number of urea groups is 1. The summed E-state index contributed by atoms with van der Waals surface area (Å²) in [6.07, 6.45) is 2.57. The van der Waals surface area contributed by atoms with Gasteiger partial charge >= 0.3 is 6.03 Å². The third-order valence-corrected chi connectivity index (χ3v) is 6.66. The zero-order valence-electron chi connectivity index (χ0n) is 19.9. The van der Waals surface area contributed by atoms with Gasteiger partial charge in [0.1, 0.15) is 5.82 Å². The van der Waals surface area contributed by atoms with E-state index in [1.807, 2.05) is 19.1 Å². The van der Waals surface area contributed by atoms with E-state index >= 15 is 0 Å². The van der Waals surface area contributed by atoms with Crippen LogP contribution in [0.5, 0.6) is 0 Å². The van der Waals surface area contributed by atoms with Crippen LogP contribution in [0.25, 0.3) is 0 Å². The summed E-state index contributed by atoms with van der Waals surface area (Å²) < 4.78 is 13.3. The average molecular weight is 482 g/mol. The van der Waals surface area contributed by atoms with Crippen molar-refractivity contribution >= 4 is 23.5 Å². The maximum absolute atomic E-state index is 13.6. The summed E-state index contributed by atoms with van der Waals surface area (Å²) in [5, 5.41) is 5.78. The van der Waals surface area contributed by atoms with E-state index in [-0.39, 0.29) is 23.9 Å². The molecular formula is C26H32FN5O3. The monoisotopic (exact) mass is 481 g/mol. The Morgan fingerprint density at radius 1 is 0.914 bits per heavy atom. The molecule has 4 rings (SSSR count). The number of aryl methyl sites for hydroxylation is 1. The zero-order valence-corrected chi connectivity index (χ0v) is 19.9. The van der Waals surface area contributed by atoms with Gasteiger partial charge in [-0.3, -0.25) is 14.5 Å². The summed E-state index contributed by atoms with van der Waals surface area (Å²) in [6.45, 7) is 2.59. The fraction of sp³-hybridized carbons (Fsp3) is 0.423. The summed E-state index contributed by atoms with van der Waals surface area (Å²) in [4.78, 5) is 43.1. The molecule has 8 nitrogen and oxygen atoms in total. The van der Waals surface area contributed by atoms with Crippen LogP contribution < -0.4 is 16.4 Å². The van der Waals surface area contributed by atoms with Gasteiger partial charge in [0.05, 0.1) is 0 Å². The SMILES string of the molecule is Cc1ccc(C(=O)N2CCCN(C(=O)Nc3ccc(F)cc3)C2C(=O)NC2CCC(N)CC2)cc1. The van der Waals surface area contributed by atoms with Crippen LogP contribution in [0, 0.1) is 12.7 Å². The molecule has 1 aliphatic carbocycles. The smallest absolute Gasteiger partial charge is 0.323 e. The number of nitrogens with zero attached hydrogens (tertiary/aromatic N) is 2. The molecule has 0 aromatic heterocycles. The van der Waals surface area contributed by atoms with Crippen LogP contribution in [-0.2, 0) is 4.79 Å². The molecule has 9 heteroatoms. The molecule has 2 aliphatic rings. The van der Waals surface area contributed by atoms with E-state index in [1.54, 1.807) is 12.1 Å². The molecule has 0 spiro atoms. The maximum atomic E-state index is 13.6. The molecule has 186 valence electrons. The normalized spacial score (nSPS) is 22.4. The first-order valence-corrected chi connectivity index (χ1v) is 12.1. The number of nitrogens with one attached hydrogen (secondary N) is 2. The third kappa shape index (κ3) is 5.97. The highest BCUT2D eigenvalue weighted by Gasteiger charge is 2.41. The number of hydrogen-bond acceptors (Lipinski definition) is 4. The summed E-state index contributed by atoms with van der Waals surface area (Å²) >= 11 is 0. The Morgan fingerprint density at radius 3 is 2.20 bits per heavy atom. The molecule has 1 aliphatic heterocycles. The summed E-state index contributed by atoms with van der Waals surface area (Å²) in [5.74, 6) is -1.12. The number of amides is 4. The topological polar surface area (TPSA) is 108 Å². The Labute approximate surface area is 204 Å². The van der Waals surface area contributed by atoms with Crippen molar-refractivity contribution in [1.29, 1.82) is 0 Å². The lowest BCUT2D eigenvalue weighted by Gasteiger charge is -2.43. The average Bonchev–Trinajstić information content (AvgIpc) is 2.86. The number of benzene rings is 2. The second-order valence-corrected chi connectivity index (χ2v) is 9.34. The first-order valence-electron chi connectivity index (χ1n) is 12.1. The number of anilines is 1. The van der Waals surface area contributed by atoms with Gasteiger partial charge in [0.15, 0.2) is 6.17 Å². The first kappa shape index (κ1) is 24.7. The summed E-state index contributed by atoms with van der Waals surface area (Å²) in [7, 11) is 0. The Balaban J connectivity index is 1.58. The number of carbonyl (C=O) groups is 3. The fourth-order valence-corrected chi connectivity index (χ4v) is 4.66. The Morgan fingerprint density at radius 2 is 1.54 bits per heavy atom. The summed E-state index contributed by atoms with van der Waals surface area (Å²) in [5.41, 5.74) is 7.88. The molecule has 2 aromatic rings. The minimum absolute atomic E-state index is 0.0532. The van der Waals surface area contributed by atoms with Crippen molar-refractivity contribution in [2.75, 3.05) is 18.4 Å². The second-order valence-electron chi connectivity index (χ2n) is 9.34. The van der Waals surface area contributed by atoms with Gasteiger partial charge in [0.2, 0.25) is 0 Å². The predicted octanol–water partition coefficient (Wildman–Crippen LogP) is 3.23. The molecule has 1 atom stereocenters. The molecule has 2 fully saturated rings. The van der Waals surface area contributed by atoms with Crippen LogP contribution in [0.4, 0.5) is 14.9 Å². The summed E-state index contributed by atoms with van der Waals surface area (Å²) in [6, 6.07) is 12.1. The Hall–Kier alpha value is -3.46. The van der Waals surface area contributed by atoms with Crippen molar-refractivity contribution in [3.8, 4) is 0 Å². The molecule has 0 bridgehead atoms. The van der Waals surface area contributed by atoms with Gasteiger partial charge in [-0.05, 0) is 75.4 Å². The van der Waals surface area contributed by atoms with Gasteiger partial charge in [0, 0.05) is 36.4 Å². The number of carbonyl (C=O) groups excluding carboxylic acids is 3. The molecule has 1 heterocycles. The number of halogens is 1. The highest BCUT2D eigenvalue weighted by molar-refractivity contribution is 6.00. The zero-order chi connectivity index (χ0) is 24.9. The van der Waals surface area contributed by atoms with Crippen molar-refractivity contribution in [3.05, 3.63) is 65.5 Å². The van der Waals surface area contributed by atoms with Crippen molar-refractivity contribution in [2.24, 2.45) is 5.73 Å². The van der Waals surface area contributed by atoms with Gasteiger partial charge in [-0.25, -0.2) is 9.18 Å². The number of nitrogens with two attached hydrogens (primary N) is 1. The van der Waals surface area contributed by atoms with Crippen LogP contribution in [-0.4, -0.2) is 59.0 Å². The number of hydrogen-bond donors (Lipinski definition) is 3. The van der Waals surface area contributed by atoms with Crippen LogP contribution in [0.1, 0.15) is 48.0 Å². The molecule has 35 heavy (non-hydrogen) atoms. The third-order valence-electron chi connectivity index (χ3n) is 6.66. The van der Waals surface area contributed by atoms with E-state index in [1.165, 1.54) is 34.1 Å². The molecule has 4 amide bonds. The number of rotatable bonds is 4. The van der Waals surface area contributed by atoms with Gasteiger partial charge in [-0.15, -0.1) is 0 Å². The maximum Gasteiger partial charge on any atom is 0.323 e. The second kappa shape index (κ2) is 10.9. The first-order chi connectivity index (χ1) is 16.8. The van der Waals surface area contributed by atoms with E-state index in [0.29, 0.717) is 30.8 Å². The molecule has 4 N–H and O–H groups in total. The molecule has 0 radical (unpaired) electrons. The highest BCUT2D eigenvalue weighted by Crippen LogP contribution is 2.22. The largest absolute Gasteiger partial charge is 0.350 e. The Bertz CT molecular complexity index is 1050. The molecule has 1 saturated carbocycles. The van der Waals surface area contributed by atoms with Crippen LogP contribution in [0.2, 0.25) is 0 Å². The lowest BCUT2D eigenvalue weighted by molar-refractivity contribution is -0.133. The van der Waals surface area contributed by atoms with Gasteiger partial charge < -0.3 is 21.3 Å². The standard InChI is InChI=1S/C26H32FN5O3/c1-17-3-5-18(6-4-17)25(34)31-15-2-16-32(26(35)30-22-11-7-19(27)8-12-22)24(31)23(33)29-21-13-9-20(28)10-14-21/h3-8,11-12,20-21,24H,2,9-10,13-16,28H2,1H3,(H,29,33)(H,30,35). The van der Waals surface area contributed by atoms with Crippen molar-refractivity contribution in [3.63, 3.8) is 0 Å². The van der Waals surface area contributed by atoms with Crippen molar-refractivity contribution in [2.45, 2.75) is 57.3 Å². The van der Waals surface area contributed by atoms with Gasteiger partial charge in [0.25, 0.3) is 11.8 Å². The van der Waals surface area contributed by atoms with Gasteiger partial charge in [-0.1, -0.05) is 17.7 Å². The van der Waals surface area contributed by atoms with Crippen LogP contribution in [0.15, 0.2) is 48.5 Å². The van der Waals surface area contributed by atoms with E-state index in [9.17, 15) is 18.8 Å². The van der Waals surface area contributed by atoms with E-state index < -0.39 is 18.0 Å². The van der Waals surface area contributed by atoms with E-state index in [4.69, 9.17) is 5.73 Å².